The molecule has 1 heterocycles. The second-order valence-electron chi connectivity index (χ2n) is 6.58. The number of carbonyl (C=O) groups is 2. The maximum atomic E-state index is 13.1. The first-order valence-electron chi connectivity index (χ1n) is 8.78. The molecule has 1 aliphatic rings. The van der Waals surface area contributed by atoms with Crippen molar-refractivity contribution < 1.29 is 9.59 Å². The third-order valence-corrected chi connectivity index (χ3v) is 4.86. The van der Waals surface area contributed by atoms with Gasteiger partial charge in [0.05, 0.1) is 6.04 Å². The lowest BCUT2D eigenvalue weighted by atomic mass is 9.90. The lowest BCUT2D eigenvalue weighted by Gasteiger charge is -2.37. The molecule has 25 heavy (non-hydrogen) atoms. The van der Waals surface area contributed by atoms with Crippen molar-refractivity contribution in [2.24, 2.45) is 0 Å². The Morgan fingerprint density at radius 2 is 1.96 bits per heavy atom. The summed E-state index contributed by atoms with van der Waals surface area (Å²) in [7, 11) is 0. The van der Waals surface area contributed by atoms with Crippen molar-refractivity contribution in [2.75, 3.05) is 11.9 Å². The molecule has 1 N–H and O–H groups in total. The monoisotopic (exact) mass is 336 g/mol. The zero-order valence-electron chi connectivity index (χ0n) is 15.0. The Kier molecular flexibility index (Phi) is 4.88. The molecule has 0 spiro atoms. The van der Waals surface area contributed by atoms with Crippen molar-refractivity contribution in [1.29, 1.82) is 0 Å². The Balaban J connectivity index is 1.92. The van der Waals surface area contributed by atoms with Gasteiger partial charge in [0, 0.05) is 24.7 Å². The molecule has 0 unspecified atom stereocenters. The van der Waals surface area contributed by atoms with Crippen molar-refractivity contribution in [2.45, 2.75) is 39.7 Å². The van der Waals surface area contributed by atoms with Gasteiger partial charge in [-0.2, -0.15) is 0 Å². The van der Waals surface area contributed by atoms with Crippen molar-refractivity contribution in [1.82, 2.24) is 4.90 Å². The van der Waals surface area contributed by atoms with E-state index in [-0.39, 0.29) is 17.9 Å². The molecule has 0 fully saturated rings. The summed E-state index contributed by atoms with van der Waals surface area (Å²) in [6, 6.07) is 14.0. The highest BCUT2D eigenvalue weighted by Crippen LogP contribution is 2.33. The van der Waals surface area contributed by atoms with Gasteiger partial charge in [-0.15, -0.1) is 0 Å². The fourth-order valence-corrected chi connectivity index (χ4v) is 3.58. The number of carbonyl (C=O) groups excluding carboxylic acids is 2. The zero-order chi connectivity index (χ0) is 18.0. The number of amides is 2. The maximum Gasteiger partial charge on any atom is 0.254 e. The molecule has 0 bridgehead atoms. The second kappa shape index (κ2) is 7.09. The van der Waals surface area contributed by atoms with Crippen LogP contribution in [0.15, 0.2) is 42.5 Å². The molecule has 2 amide bonds. The number of anilines is 1. The Bertz CT molecular complexity index is 813. The van der Waals surface area contributed by atoms with Crippen LogP contribution in [0.5, 0.6) is 0 Å². The van der Waals surface area contributed by atoms with Gasteiger partial charge in [0.25, 0.3) is 5.91 Å². The molecule has 4 nitrogen and oxygen atoms in total. The van der Waals surface area contributed by atoms with Gasteiger partial charge in [0.15, 0.2) is 0 Å². The number of nitrogens with zero attached hydrogens (tertiary/aromatic N) is 1. The molecule has 0 saturated heterocycles. The minimum atomic E-state index is -0.133. The molecule has 0 radical (unpaired) electrons. The predicted octanol–water partition coefficient (Wildman–Crippen LogP) is 4.10. The number of aryl methyl sites for hydroxylation is 1. The van der Waals surface area contributed by atoms with Crippen LogP contribution in [-0.4, -0.2) is 23.3 Å². The largest absolute Gasteiger partial charge is 0.331 e. The van der Waals surface area contributed by atoms with E-state index in [1.54, 1.807) is 6.07 Å². The lowest BCUT2D eigenvalue weighted by Crippen LogP contribution is -2.39. The van der Waals surface area contributed by atoms with Gasteiger partial charge < -0.3 is 10.2 Å². The summed E-state index contributed by atoms with van der Waals surface area (Å²) >= 11 is 0. The van der Waals surface area contributed by atoms with Crippen LogP contribution in [0.2, 0.25) is 0 Å². The summed E-state index contributed by atoms with van der Waals surface area (Å²) in [6.45, 7) is 6.23. The topological polar surface area (TPSA) is 49.4 Å². The van der Waals surface area contributed by atoms with Crippen LogP contribution in [0.3, 0.4) is 0 Å². The summed E-state index contributed by atoms with van der Waals surface area (Å²) in [5, 5.41) is 2.80. The van der Waals surface area contributed by atoms with Crippen LogP contribution >= 0.6 is 0 Å². The fraction of sp³-hybridized carbons (Fsp3) is 0.333. The molecule has 1 atom stereocenters. The first kappa shape index (κ1) is 17.2. The summed E-state index contributed by atoms with van der Waals surface area (Å²) in [6.07, 6.45) is 1.76. The number of nitrogens with one attached hydrogen (secondary N) is 1. The summed E-state index contributed by atoms with van der Waals surface area (Å²) in [4.78, 5) is 26.5. The highest BCUT2D eigenvalue weighted by atomic mass is 16.2. The number of rotatable bonds is 3. The first-order valence-corrected chi connectivity index (χ1v) is 8.78. The summed E-state index contributed by atoms with van der Waals surface area (Å²) < 4.78 is 0. The number of fused-ring (bicyclic) bond motifs is 1. The van der Waals surface area contributed by atoms with E-state index in [1.807, 2.05) is 30.0 Å². The maximum absolute atomic E-state index is 13.1. The molecule has 1 aliphatic heterocycles. The van der Waals surface area contributed by atoms with E-state index >= 15 is 0 Å². The molecule has 2 aromatic carbocycles. The van der Waals surface area contributed by atoms with Gasteiger partial charge in [-0.1, -0.05) is 37.3 Å². The first-order chi connectivity index (χ1) is 12.0. The third-order valence-electron chi connectivity index (χ3n) is 4.86. The average molecular weight is 336 g/mol. The standard InChI is InChI=1S/C21H24N2O2/c1-4-20-18-8-6-5-7-16(18)11-12-23(20)21(25)17-10-9-14(2)19(13-17)22-15(3)24/h5-10,13,20H,4,11-12H2,1-3H3,(H,22,24)/t20-/m0/s1. The van der Waals surface area contributed by atoms with Crippen molar-refractivity contribution >= 4 is 17.5 Å². The van der Waals surface area contributed by atoms with E-state index in [0.717, 1.165) is 24.9 Å². The van der Waals surface area contributed by atoms with Gasteiger partial charge in [-0.05, 0) is 48.6 Å². The highest BCUT2D eigenvalue weighted by molar-refractivity contribution is 5.97. The molecule has 2 aromatic rings. The van der Waals surface area contributed by atoms with Gasteiger partial charge in [0.1, 0.15) is 0 Å². The number of hydrogen-bond acceptors (Lipinski definition) is 2. The quantitative estimate of drug-likeness (QED) is 0.917. The molecule has 4 heteroatoms. The molecule has 0 saturated carbocycles. The second-order valence-corrected chi connectivity index (χ2v) is 6.58. The summed E-state index contributed by atoms with van der Waals surface area (Å²) in [5.74, 6) is -0.112. The van der Waals surface area contributed by atoms with Crippen LogP contribution < -0.4 is 5.32 Å². The van der Waals surface area contributed by atoms with Crippen LogP contribution in [0, 0.1) is 6.92 Å². The van der Waals surface area contributed by atoms with Gasteiger partial charge in [-0.25, -0.2) is 0 Å². The number of hydrogen-bond donors (Lipinski definition) is 1. The van der Waals surface area contributed by atoms with E-state index < -0.39 is 0 Å². The Morgan fingerprint density at radius 1 is 1.20 bits per heavy atom. The van der Waals surface area contributed by atoms with Crippen molar-refractivity contribution in [3.8, 4) is 0 Å². The minimum Gasteiger partial charge on any atom is -0.331 e. The smallest absolute Gasteiger partial charge is 0.254 e. The third kappa shape index (κ3) is 3.43. The zero-order valence-corrected chi connectivity index (χ0v) is 15.0. The average Bonchev–Trinajstić information content (AvgIpc) is 2.61. The normalized spacial score (nSPS) is 16.3. The highest BCUT2D eigenvalue weighted by Gasteiger charge is 2.30. The van der Waals surface area contributed by atoms with Gasteiger partial charge in [0.2, 0.25) is 5.91 Å². The molecule has 3 rings (SSSR count). The molecular formula is C21H24N2O2. The van der Waals surface area contributed by atoms with E-state index in [2.05, 4.69) is 30.4 Å². The fourth-order valence-electron chi connectivity index (χ4n) is 3.58. The van der Waals surface area contributed by atoms with Gasteiger partial charge in [-0.3, -0.25) is 9.59 Å². The molecule has 130 valence electrons. The van der Waals surface area contributed by atoms with Crippen LogP contribution in [0.25, 0.3) is 0 Å². The lowest BCUT2D eigenvalue weighted by molar-refractivity contribution is -0.114. The SMILES string of the molecule is CC[C@H]1c2ccccc2CCN1C(=O)c1ccc(C)c(NC(C)=O)c1. The van der Waals surface area contributed by atoms with Crippen molar-refractivity contribution in [3.63, 3.8) is 0 Å². The molecule has 0 aromatic heterocycles. The van der Waals surface area contributed by atoms with E-state index in [1.165, 1.54) is 18.1 Å². The molecule has 0 aliphatic carbocycles. The van der Waals surface area contributed by atoms with E-state index in [9.17, 15) is 9.59 Å². The summed E-state index contributed by atoms with van der Waals surface area (Å²) in [5.41, 5.74) is 4.85. The van der Waals surface area contributed by atoms with Crippen LogP contribution in [0.1, 0.15) is 53.4 Å². The van der Waals surface area contributed by atoms with E-state index in [4.69, 9.17) is 0 Å². The Labute approximate surface area is 148 Å². The van der Waals surface area contributed by atoms with E-state index in [0.29, 0.717) is 11.3 Å². The molecular weight excluding hydrogens is 312 g/mol. The Morgan fingerprint density at radius 3 is 2.68 bits per heavy atom. The van der Waals surface area contributed by atoms with Crippen LogP contribution in [0.4, 0.5) is 5.69 Å². The van der Waals surface area contributed by atoms with Crippen molar-refractivity contribution in [3.05, 3.63) is 64.7 Å². The van der Waals surface area contributed by atoms with Gasteiger partial charge >= 0.3 is 0 Å². The predicted molar refractivity (Wildman–Crippen MR) is 99.7 cm³/mol. The Hall–Kier alpha value is -2.62. The van der Waals surface area contributed by atoms with Crippen LogP contribution in [-0.2, 0) is 11.2 Å². The minimum absolute atomic E-state index is 0.0213. The number of benzene rings is 2.